The van der Waals surface area contributed by atoms with Gasteiger partial charge in [-0.05, 0) is 51.9 Å². The van der Waals surface area contributed by atoms with Crippen LogP contribution in [0.15, 0.2) is 0 Å². The van der Waals surface area contributed by atoms with Crippen molar-refractivity contribution in [2.24, 2.45) is 5.41 Å². The average molecular weight is 154 g/mol. The monoisotopic (exact) mass is 154 g/mol. The molecule has 64 valence electrons. The van der Waals surface area contributed by atoms with E-state index in [9.17, 15) is 0 Å². The lowest BCUT2D eigenvalue weighted by atomic mass is 9.94. The molecule has 1 saturated carbocycles. The molecule has 1 unspecified atom stereocenters. The summed E-state index contributed by atoms with van der Waals surface area (Å²) in [5.41, 5.74) is 0.731. The van der Waals surface area contributed by atoms with E-state index < -0.39 is 0 Å². The van der Waals surface area contributed by atoms with Crippen LogP contribution in [0.2, 0.25) is 0 Å². The highest BCUT2D eigenvalue weighted by atomic mass is 15.2. The number of hydrogen-bond donors (Lipinski definition) is 1. The van der Waals surface area contributed by atoms with Gasteiger partial charge in [-0.15, -0.1) is 0 Å². The van der Waals surface area contributed by atoms with Crippen molar-refractivity contribution in [1.29, 1.82) is 0 Å². The lowest BCUT2D eigenvalue weighted by Crippen LogP contribution is -2.33. The van der Waals surface area contributed by atoms with Crippen LogP contribution in [0.1, 0.15) is 19.3 Å². The van der Waals surface area contributed by atoms with E-state index in [-0.39, 0.29) is 0 Å². The molecule has 0 aromatic rings. The van der Waals surface area contributed by atoms with Crippen molar-refractivity contribution in [2.45, 2.75) is 25.3 Å². The van der Waals surface area contributed by atoms with Crippen molar-refractivity contribution in [3.05, 3.63) is 0 Å². The maximum atomic E-state index is 3.42. The first-order chi connectivity index (χ1) is 5.25. The maximum absolute atomic E-state index is 3.42. The highest BCUT2D eigenvalue weighted by Crippen LogP contribution is 2.54. The molecule has 0 aromatic carbocycles. The lowest BCUT2D eigenvalue weighted by Gasteiger charge is -2.25. The van der Waals surface area contributed by atoms with Gasteiger partial charge in [-0.25, -0.2) is 0 Å². The van der Waals surface area contributed by atoms with Gasteiger partial charge in [-0.2, -0.15) is 0 Å². The highest BCUT2D eigenvalue weighted by Gasteiger charge is 2.54. The molecular formula is C9H18N2. The van der Waals surface area contributed by atoms with Crippen LogP contribution >= 0.6 is 0 Å². The molecule has 1 N–H and O–H groups in total. The fourth-order valence-corrected chi connectivity index (χ4v) is 2.52. The number of piperidine rings is 1. The summed E-state index contributed by atoms with van der Waals surface area (Å²) in [7, 11) is 4.42. The van der Waals surface area contributed by atoms with E-state index in [1.807, 2.05) is 0 Å². The molecule has 0 bridgehead atoms. The molecule has 1 aliphatic carbocycles. The molecule has 2 heteroatoms. The van der Waals surface area contributed by atoms with Crippen LogP contribution in [0.4, 0.5) is 0 Å². The number of nitrogens with zero attached hydrogens (tertiary/aromatic N) is 1. The molecule has 0 radical (unpaired) electrons. The molecule has 2 aliphatic rings. The Morgan fingerprint density at radius 3 is 2.36 bits per heavy atom. The van der Waals surface area contributed by atoms with E-state index in [0.717, 1.165) is 11.5 Å². The molecule has 11 heavy (non-hydrogen) atoms. The largest absolute Gasteiger partial charge is 0.317 e. The number of rotatable bonds is 1. The second-order valence-corrected chi connectivity index (χ2v) is 4.30. The molecule has 1 heterocycles. The summed E-state index contributed by atoms with van der Waals surface area (Å²) in [5.74, 6) is 0. The summed E-state index contributed by atoms with van der Waals surface area (Å²) in [6, 6.07) is 0.893. The normalized spacial score (nSPS) is 34.6. The zero-order chi connectivity index (χ0) is 7.90. The van der Waals surface area contributed by atoms with Gasteiger partial charge in [0.05, 0.1) is 0 Å². The van der Waals surface area contributed by atoms with Gasteiger partial charge < -0.3 is 10.2 Å². The van der Waals surface area contributed by atoms with Gasteiger partial charge in [0.1, 0.15) is 0 Å². The Labute approximate surface area is 69.0 Å². The SMILES string of the molecule is CN(C)C1CC12CCNCC2. The zero-order valence-corrected chi connectivity index (χ0v) is 7.56. The Hall–Kier alpha value is -0.0800. The molecule has 1 atom stereocenters. The van der Waals surface area contributed by atoms with Crippen molar-refractivity contribution in [2.75, 3.05) is 27.2 Å². The van der Waals surface area contributed by atoms with Gasteiger partial charge in [0.2, 0.25) is 0 Å². The summed E-state index contributed by atoms with van der Waals surface area (Å²) in [6.45, 7) is 2.48. The van der Waals surface area contributed by atoms with Gasteiger partial charge in [0, 0.05) is 6.04 Å². The third-order valence-electron chi connectivity index (χ3n) is 3.37. The van der Waals surface area contributed by atoms with Crippen LogP contribution in [0.5, 0.6) is 0 Å². The minimum Gasteiger partial charge on any atom is -0.317 e. The van der Waals surface area contributed by atoms with Crippen molar-refractivity contribution >= 4 is 0 Å². The van der Waals surface area contributed by atoms with Gasteiger partial charge in [0.25, 0.3) is 0 Å². The van der Waals surface area contributed by atoms with E-state index in [4.69, 9.17) is 0 Å². The predicted molar refractivity (Wildman–Crippen MR) is 46.6 cm³/mol. The minimum atomic E-state index is 0.731. The minimum absolute atomic E-state index is 0.731. The van der Waals surface area contributed by atoms with Gasteiger partial charge >= 0.3 is 0 Å². The van der Waals surface area contributed by atoms with E-state index in [1.54, 1.807) is 0 Å². The van der Waals surface area contributed by atoms with Crippen LogP contribution in [-0.4, -0.2) is 38.1 Å². The van der Waals surface area contributed by atoms with Crippen LogP contribution < -0.4 is 5.32 Å². The van der Waals surface area contributed by atoms with Gasteiger partial charge in [0.15, 0.2) is 0 Å². The molecule has 0 aromatic heterocycles. The van der Waals surface area contributed by atoms with Crippen molar-refractivity contribution in [3.8, 4) is 0 Å². The first-order valence-electron chi connectivity index (χ1n) is 4.62. The molecular weight excluding hydrogens is 136 g/mol. The van der Waals surface area contributed by atoms with Gasteiger partial charge in [-0.1, -0.05) is 0 Å². The van der Waals surface area contributed by atoms with Crippen LogP contribution in [0.3, 0.4) is 0 Å². The highest BCUT2D eigenvalue weighted by molar-refractivity contribution is 5.09. The van der Waals surface area contributed by atoms with Crippen LogP contribution in [0.25, 0.3) is 0 Å². The lowest BCUT2D eigenvalue weighted by molar-refractivity contribution is 0.266. The summed E-state index contributed by atoms with van der Waals surface area (Å²) >= 11 is 0. The summed E-state index contributed by atoms with van der Waals surface area (Å²) in [4.78, 5) is 2.39. The molecule has 1 spiro atoms. The van der Waals surface area contributed by atoms with Crippen molar-refractivity contribution < 1.29 is 0 Å². The van der Waals surface area contributed by atoms with Crippen molar-refractivity contribution in [1.82, 2.24) is 10.2 Å². The summed E-state index contributed by atoms with van der Waals surface area (Å²) in [6.07, 6.45) is 4.24. The summed E-state index contributed by atoms with van der Waals surface area (Å²) in [5, 5.41) is 3.42. The fraction of sp³-hybridized carbons (Fsp3) is 1.00. The molecule has 2 fully saturated rings. The van der Waals surface area contributed by atoms with E-state index >= 15 is 0 Å². The zero-order valence-electron chi connectivity index (χ0n) is 7.56. The Balaban J connectivity index is 1.93. The van der Waals surface area contributed by atoms with Crippen LogP contribution in [0, 0.1) is 5.41 Å². The summed E-state index contributed by atoms with van der Waals surface area (Å²) < 4.78 is 0. The second kappa shape index (κ2) is 2.46. The molecule has 0 amide bonds. The molecule has 1 aliphatic heterocycles. The smallest absolute Gasteiger partial charge is 0.0153 e. The Kier molecular flexibility index (Phi) is 1.69. The quantitative estimate of drug-likeness (QED) is 0.598. The number of hydrogen-bond acceptors (Lipinski definition) is 2. The van der Waals surface area contributed by atoms with Crippen molar-refractivity contribution in [3.63, 3.8) is 0 Å². The Morgan fingerprint density at radius 2 is 1.91 bits per heavy atom. The molecule has 2 nitrogen and oxygen atoms in total. The first kappa shape index (κ1) is 7.56. The molecule has 1 saturated heterocycles. The first-order valence-corrected chi connectivity index (χ1v) is 4.62. The van der Waals surface area contributed by atoms with E-state index in [1.165, 1.54) is 32.4 Å². The van der Waals surface area contributed by atoms with Gasteiger partial charge in [-0.3, -0.25) is 0 Å². The maximum Gasteiger partial charge on any atom is 0.0153 e. The fourth-order valence-electron chi connectivity index (χ4n) is 2.52. The Morgan fingerprint density at radius 1 is 1.27 bits per heavy atom. The molecule has 2 rings (SSSR count). The van der Waals surface area contributed by atoms with E-state index in [0.29, 0.717) is 0 Å². The predicted octanol–water partition coefficient (Wildman–Crippen LogP) is 0.690. The average Bonchev–Trinajstić information content (AvgIpc) is 2.66. The van der Waals surface area contributed by atoms with E-state index in [2.05, 4.69) is 24.3 Å². The topological polar surface area (TPSA) is 15.3 Å². The number of nitrogens with one attached hydrogen (secondary N) is 1. The third-order valence-corrected chi connectivity index (χ3v) is 3.37. The third kappa shape index (κ3) is 1.18. The van der Waals surface area contributed by atoms with Crippen LogP contribution in [-0.2, 0) is 0 Å². The Bertz CT molecular complexity index is 148. The second-order valence-electron chi connectivity index (χ2n) is 4.30. The standard InChI is InChI=1S/C9H18N2/c1-11(2)8-7-9(8)3-5-10-6-4-9/h8,10H,3-7H2,1-2H3.